The van der Waals surface area contributed by atoms with Crippen molar-refractivity contribution < 1.29 is 19.5 Å². The SMILES string of the molecule is CCc1cc(C(=O)c2ccccc2Cl)c(-n2c(CNC(=O)c3c(CC)c4ccccc4n3CC(=O)O)nnc2C2CCCCC2)s1. The lowest BCUT2D eigenvalue weighted by molar-refractivity contribution is -0.137. The summed E-state index contributed by atoms with van der Waals surface area (Å²) in [6, 6.07) is 16.4. The number of carboxylic acids is 1. The third-order valence-corrected chi connectivity index (χ3v) is 10.3. The van der Waals surface area contributed by atoms with Gasteiger partial charge in [0.1, 0.15) is 23.1 Å². The third kappa shape index (κ3) is 5.99. The van der Waals surface area contributed by atoms with E-state index in [-0.39, 0.29) is 24.8 Å². The Morgan fingerprint density at radius 3 is 2.43 bits per heavy atom. The van der Waals surface area contributed by atoms with Crippen LogP contribution in [0.1, 0.15) is 100 Å². The van der Waals surface area contributed by atoms with E-state index in [4.69, 9.17) is 11.6 Å². The van der Waals surface area contributed by atoms with E-state index in [1.165, 1.54) is 17.8 Å². The molecule has 0 unspecified atom stereocenters. The van der Waals surface area contributed by atoms with Crippen molar-refractivity contribution in [1.29, 1.82) is 0 Å². The van der Waals surface area contributed by atoms with Crippen molar-refractivity contribution in [3.8, 4) is 5.00 Å². The van der Waals surface area contributed by atoms with Crippen LogP contribution in [0.15, 0.2) is 54.6 Å². The molecule has 0 saturated heterocycles. The van der Waals surface area contributed by atoms with Gasteiger partial charge in [-0.05, 0) is 55.5 Å². The van der Waals surface area contributed by atoms with Crippen molar-refractivity contribution in [1.82, 2.24) is 24.6 Å². The maximum atomic E-state index is 14.0. The number of rotatable bonds is 11. The molecule has 5 aromatic rings. The monoisotopic (exact) mass is 657 g/mol. The fraction of sp³-hybridized carbons (Fsp3) is 0.343. The Hall–Kier alpha value is -4.28. The van der Waals surface area contributed by atoms with E-state index in [1.807, 2.05) is 41.8 Å². The molecule has 6 rings (SSSR count). The Bertz CT molecular complexity index is 1930. The molecule has 2 N–H and O–H groups in total. The highest BCUT2D eigenvalue weighted by atomic mass is 35.5. The molecule has 0 aliphatic heterocycles. The first-order valence-electron chi connectivity index (χ1n) is 15.8. The minimum Gasteiger partial charge on any atom is -0.480 e. The number of amides is 1. The van der Waals surface area contributed by atoms with Crippen LogP contribution in [0.25, 0.3) is 15.9 Å². The standard InChI is InChI=1S/C35H36ClN5O4S/c1-3-22-18-26(32(44)25-15-8-10-16-27(25)36)35(46-22)41-29(38-39-33(41)21-12-6-5-7-13-21)19-37-34(45)31-23(4-2)24-14-9-11-17-28(24)40(31)20-30(42)43/h8-11,14-18,21H,3-7,12-13,19-20H2,1-2H3,(H,37,45)(H,42,43). The highest BCUT2D eigenvalue weighted by Crippen LogP contribution is 2.37. The van der Waals surface area contributed by atoms with Crippen molar-refractivity contribution in [2.24, 2.45) is 0 Å². The highest BCUT2D eigenvalue weighted by Gasteiger charge is 2.30. The smallest absolute Gasteiger partial charge is 0.323 e. The van der Waals surface area contributed by atoms with Crippen LogP contribution in [0.2, 0.25) is 5.02 Å². The van der Waals surface area contributed by atoms with Gasteiger partial charge < -0.3 is 15.0 Å². The van der Waals surface area contributed by atoms with Gasteiger partial charge in [0, 0.05) is 27.3 Å². The zero-order valence-corrected chi connectivity index (χ0v) is 27.5. The molecule has 1 aliphatic carbocycles. The number of fused-ring (bicyclic) bond motifs is 1. The van der Waals surface area contributed by atoms with Crippen LogP contribution in [0.5, 0.6) is 0 Å². The number of ketones is 1. The topological polar surface area (TPSA) is 119 Å². The minimum absolute atomic E-state index is 0.0371. The summed E-state index contributed by atoms with van der Waals surface area (Å²) in [5.74, 6) is -0.140. The van der Waals surface area contributed by atoms with Gasteiger partial charge in [0.15, 0.2) is 11.6 Å². The number of hydrogen-bond acceptors (Lipinski definition) is 6. The van der Waals surface area contributed by atoms with Gasteiger partial charge in [0.2, 0.25) is 0 Å². The van der Waals surface area contributed by atoms with Gasteiger partial charge in [-0.1, -0.05) is 75.0 Å². The van der Waals surface area contributed by atoms with Crippen molar-refractivity contribution >= 4 is 51.5 Å². The molecule has 2 aromatic carbocycles. The molecule has 0 spiro atoms. The molecule has 46 heavy (non-hydrogen) atoms. The number of para-hydroxylation sites is 1. The molecule has 1 saturated carbocycles. The first-order valence-corrected chi connectivity index (χ1v) is 17.0. The van der Waals surface area contributed by atoms with E-state index < -0.39 is 11.9 Å². The number of hydrogen-bond donors (Lipinski definition) is 2. The second-order valence-electron chi connectivity index (χ2n) is 11.6. The fourth-order valence-electron chi connectivity index (χ4n) is 6.55. The molecular weight excluding hydrogens is 622 g/mol. The van der Waals surface area contributed by atoms with Gasteiger partial charge in [-0.15, -0.1) is 21.5 Å². The minimum atomic E-state index is -1.03. The normalized spacial score (nSPS) is 13.7. The first-order chi connectivity index (χ1) is 22.3. The van der Waals surface area contributed by atoms with Gasteiger partial charge in [0.25, 0.3) is 5.91 Å². The average molecular weight is 658 g/mol. The van der Waals surface area contributed by atoms with Gasteiger partial charge in [-0.2, -0.15) is 0 Å². The predicted octanol–water partition coefficient (Wildman–Crippen LogP) is 7.36. The second kappa shape index (κ2) is 13.6. The Morgan fingerprint density at radius 2 is 1.72 bits per heavy atom. The van der Waals surface area contributed by atoms with E-state index in [1.54, 1.807) is 28.8 Å². The molecule has 1 aliphatic rings. The third-order valence-electron chi connectivity index (χ3n) is 8.75. The van der Waals surface area contributed by atoms with E-state index in [2.05, 4.69) is 22.4 Å². The number of aliphatic carboxylic acids is 1. The summed E-state index contributed by atoms with van der Waals surface area (Å²) in [5, 5.41) is 23.9. The number of thiophene rings is 1. The molecule has 0 bridgehead atoms. The molecule has 0 atom stereocenters. The van der Waals surface area contributed by atoms with Crippen LogP contribution >= 0.6 is 22.9 Å². The zero-order chi connectivity index (χ0) is 32.4. The maximum Gasteiger partial charge on any atom is 0.323 e. The van der Waals surface area contributed by atoms with Gasteiger partial charge in [-0.3, -0.25) is 19.0 Å². The Kier molecular flexibility index (Phi) is 9.37. The van der Waals surface area contributed by atoms with E-state index in [9.17, 15) is 19.5 Å². The number of carbonyl (C=O) groups is 3. The second-order valence-corrected chi connectivity index (χ2v) is 13.1. The Balaban J connectivity index is 1.42. The molecule has 9 nitrogen and oxygen atoms in total. The molecule has 3 aromatic heterocycles. The fourth-order valence-corrected chi connectivity index (χ4v) is 7.89. The van der Waals surface area contributed by atoms with Crippen molar-refractivity contribution in [3.63, 3.8) is 0 Å². The summed E-state index contributed by atoms with van der Waals surface area (Å²) in [5.41, 5.74) is 2.75. The number of nitrogens with one attached hydrogen (secondary N) is 1. The predicted molar refractivity (Wildman–Crippen MR) is 179 cm³/mol. The number of aromatic nitrogens is 4. The number of carbonyl (C=O) groups excluding carboxylic acids is 2. The number of aryl methyl sites for hydroxylation is 2. The first kappa shape index (κ1) is 31.7. The quantitative estimate of drug-likeness (QED) is 0.143. The largest absolute Gasteiger partial charge is 0.480 e. The summed E-state index contributed by atoms with van der Waals surface area (Å²) in [6.45, 7) is 3.70. The van der Waals surface area contributed by atoms with E-state index in [0.717, 1.165) is 53.8 Å². The summed E-state index contributed by atoms with van der Waals surface area (Å²) in [4.78, 5) is 40.8. The Morgan fingerprint density at radius 1 is 0.978 bits per heavy atom. The van der Waals surface area contributed by atoms with Gasteiger partial charge in [0.05, 0.1) is 17.1 Å². The van der Waals surface area contributed by atoms with Crippen LogP contribution in [-0.4, -0.2) is 42.1 Å². The van der Waals surface area contributed by atoms with Crippen LogP contribution in [0, 0.1) is 0 Å². The van der Waals surface area contributed by atoms with Crippen LogP contribution in [-0.2, 0) is 30.7 Å². The van der Waals surface area contributed by atoms with Crippen LogP contribution in [0.3, 0.4) is 0 Å². The van der Waals surface area contributed by atoms with Crippen LogP contribution < -0.4 is 5.32 Å². The number of carboxylic acid groups (broad SMARTS) is 1. The van der Waals surface area contributed by atoms with Crippen LogP contribution in [0.4, 0.5) is 0 Å². The van der Waals surface area contributed by atoms with E-state index >= 15 is 0 Å². The van der Waals surface area contributed by atoms with Crippen molar-refractivity contribution in [2.75, 3.05) is 0 Å². The lowest BCUT2D eigenvalue weighted by Crippen LogP contribution is -2.29. The lowest BCUT2D eigenvalue weighted by atomic mass is 9.88. The summed E-state index contributed by atoms with van der Waals surface area (Å²) in [7, 11) is 0. The van der Waals surface area contributed by atoms with Crippen molar-refractivity contribution in [2.45, 2.75) is 77.8 Å². The molecular formula is C35H36ClN5O4S. The molecule has 0 radical (unpaired) electrons. The molecule has 11 heteroatoms. The Labute approximate surface area is 276 Å². The summed E-state index contributed by atoms with van der Waals surface area (Å²) < 4.78 is 3.54. The lowest BCUT2D eigenvalue weighted by Gasteiger charge is -2.22. The highest BCUT2D eigenvalue weighted by molar-refractivity contribution is 7.15. The van der Waals surface area contributed by atoms with Crippen molar-refractivity contribution in [3.05, 3.63) is 98.5 Å². The summed E-state index contributed by atoms with van der Waals surface area (Å²) in [6.07, 6.45) is 6.60. The van der Waals surface area contributed by atoms with E-state index in [0.29, 0.717) is 44.6 Å². The number of halogens is 1. The maximum absolute atomic E-state index is 14.0. The molecule has 3 heterocycles. The molecule has 1 fully saturated rings. The van der Waals surface area contributed by atoms with Gasteiger partial charge >= 0.3 is 5.97 Å². The zero-order valence-electron chi connectivity index (χ0n) is 25.9. The number of nitrogens with zero attached hydrogens (tertiary/aromatic N) is 4. The molecule has 238 valence electrons. The molecule has 1 amide bonds. The average Bonchev–Trinajstić information content (AvgIpc) is 3.77. The summed E-state index contributed by atoms with van der Waals surface area (Å²) >= 11 is 8.00. The van der Waals surface area contributed by atoms with Gasteiger partial charge in [-0.25, -0.2) is 0 Å². The number of benzene rings is 2.